The van der Waals surface area contributed by atoms with Crippen molar-refractivity contribution in [2.24, 2.45) is 5.92 Å². The Bertz CT molecular complexity index is 841. The van der Waals surface area contributed by atoms with Gasteiger partial charge in [-0.2, -0.15) is 0 Å². The van der Waals surface area contributed by atoms with Crippen molar-refractivity contribution in [2.75, 3.05) is 13.2 Å². The van der Waals surface area contributed by atoms with Crippen LogP contribution in [0.4, 0.5) is 4.79 Å². The Morgan fingerprint density at radius 2 is 1.89 bits per heavy atom. The predicted octanol–water partition coefficient (Wildman–Crippen LogP) is 3.45. The van der Waals surface area contributed by atoms with E-state index in [-0.39, 0.29) is 18.9 Å². The second-order valence-corrected chi connectivity index (χ2v) is 6.40. The summed E-state index contributed by atoms with van der Waals surface area (Å²) in [6.45, 7) is 4.10. The minimum atomic E-state index is -0.780. The topological polar surface area (TPSA) is 76.7 Å². The van der Waals surface area contributed by atoms with Gasteiger partial charge in [-0.05, 0) is 29.8 Å². The first kappa shape index (κ1) is 18.8. The van der Waals surface area contributed by atoms with Gasteiger partial charge in [0.15, 0.2) is 0 Å². The summed E-state index contributed by atoms with van der Waals surface area (Å²) in [5.74, 6) is -0.589. The molecule has 6 nitrogen and oxygen atoms in total. The zero-order chi connectivity index (χ0) is 19.2. The lowest BCUT2D eigenvalue weighted by Crippen LogP contribution is -2.51. The lowest BCUT2D eigenvalue weighted by Gasteiger charge is -2.33. The van der Waals surface area contributed by atoms with Crippen LogP contribution in [-0.2, 0) is 9.53 Å². The number of ether oxygens (including phenoxy) is 2. The molecule has 0 unspecified atom stereocenters. The molecule has 0 radical (unpaired) electrons. The van der Waals surface area contributed by atoms with E-state index < -0.39 is 24.0 Å². The number of urea groups is 1. The van der Waals surface area contributed by atoms with E-state index in [2.05, 4.69) is 17.2 Å². The van der Waals surface area contributed by atoms with E-state index in [1.807, 2.05) is 30.3 Å². The fourth-order valence-electron chi connectivity index (χ4n) is 2.85. The lowest BCUT2D eigenvalue weighted by molar-refractivity contribution is -0.149. The van der Waals surface area contributed by atoms with E-state index in [0.717, 1.165) is 0 Å². The average Bonchev–Trinajstić information content (AvgIpc) is 2.65. The third-order valence-electron chi connectivity index (χ3n) is 4.07. The number of carbonyl (C=O) groups excluding carboxylic acids is 2. The molecular formula is C20H19ClN2O4. The van der Waals surface area contributed by atoms with Crippen molar-refractivity contribution in [1.29, 1.82) is 0 Å². The van der Waals surface area contributed by atoms with Crippen molar-refractivity contribution in [3.8, 4) is 5.75 Å². The molecule has 1 saturated heterocycles. The highest BCUT2D eigenvalue weighted by molar-refractivity contribution is 6.30. The van der Waals surface area contributed by atoms with Crippen molar-refractivity contribution < 1.29 is 19.1 Å². The van der Waals surface area contributed by atoms with Gasteiger partial charge in [0.2, 0.25) is 0 Å². The number of carbonyl (C=O) groups is 2. The smallest absolute Gasteiger partial charge is 0.319 e. The SMILES string of the molecule is C=C1NC(=O)N[C@@H](c2cccc(Cl)c2)[C@@H]1C(=O)OCCOc1ccccc1. The molecule has 1 fully saturated rings. The van der Waals surface area contributed by atoms with E-state index in [1.54, 1.807) is 24.3 Å². The van der Waals surface area contributed by atoms with Crippen LogP contribution in [0.2, 0.25) is 5.02 Å². The van der Waals surface area contributed by atoms with Gasteiger partial charge >= 0.3 is 12.0 Å². The van der Waals surface area contributed by atoms with Gasteiger partial charge in [0.05, 0.1) is 6.04 Å². The Kier molecular flexibility index (Phi) is 5.98. The Balaban J connectivity index is 1.64. The second-order valence-electron chi connectivity index (χ2n) is 5.96. The molecule has 1 aliphatic rings. The molecule has 2 N–H and O–H groups in total. The molecule has 0 saturated carbocycles. The van der Waals surface area contributed by atoms with Gasteiger partial charge in [0.25, 0.3) is 0 Å². The van der Waals surface area contributed by atoms with Gasteiger partial charge in [0, 0.05) is 10.7 Å². The minimum Gasteiger partial charge on any atom is -0.490 e. The van der Waals surface area contributed by atoms with Crippen LogP contribution in [0.1, 0.15) is 11.6 Å². The fraction of sp³-hybridized carbons (Fsp3) is 0.200. The van der Waals surface area contributed by atoms with E-state index in [0.29, 0.717) is 16.3 Å². The number of nitrogens with one attached hydrogen (secondary N) is 2. The van der Waals surface area contributed by atoms with Crippen LogP contribution >= 0.6 is 11.6 Å². The highest BCUT2D eigenvalue weighted by atomic mass is 35.5. The van der Waals surface area contributed by atoms with E-state index in [1.165, 1.54) is 0 Å². The van der Waals surface area contributed by atoms with Gasteiger partial charge < -0.3 is 20.1 Å². The number of para-hydroxylation sites is 1. The molecular weight excluding hydrogens is 368 g/mol. The molecule has 2 aromatic rings. The summed E-state index contributed by atoms with van der Waals surface area (Å²) in [6, 6.07) is 15.2. The zero-order valence-electron chi connectivity index (χ0n) is 14.5. The first-order valence-electron chi connectivity index (χ1n) is 8.41. The first-order chi connectivity index (χ1) is 13.0. The normalized spacial score (nSPS) is 19.0. The minimum absolute atomic E-state index is 0.0771. The Morgan fingerprint density at radius 3 is 2.63 bits per heavy atom. The molecule has 3 rings (SSSR count). The lowest BCUT2D eigenvalue weighted by atomic mass is 9.89. The molecule has 2 aromatic carbocycles. The van der Waals surface area contributed by atoms with Gasteiger partial charge in [-0.15, -0.1) is 0 Å². The zero-order valence-corrected chi connectivity index (χ0v) is 15.2. The third kappa shape index (κ3) is 4.80. The Hall–Kier alpha value is -2.99. The molecule has 2 amide bonds. The van der Waals surface area contributed by atoms with Gasteiger partial charge in [-0.3, -0.25) is 4.79 Å². The van der Waals surface area contributed by atoms with E-state index in [9.17, 15) is 9.59 Å². The van der Waals surface area contributed by atoms with E-state index >= 15 is 0 Å². The van der Waals surface area contributed by atoms with Crippen LogP contribution in [0.15, 0.2) is 66.9 Å². The Morgan fingerprint density at radius 1 is 1.11 bits per heavy atom. The molecule has 7 heteroatoms. The van der Waals surface area contributed by atoms with Crippen molar-refractivity contribution in [2.45, 2.75) is 6.04 Å². The molecule has 0 spiro atoms. The molecule has 0 bridgehead atoms. The average molecular weight is 387 g/mol. The number of halogens is 1. The number of rotatable bonds is 6. The number of benzene rings is 2. The van der Waals surface area contributed by atoms with Crippen LogP contribution < -0.4 is 15.4 Å². The molecule has 0 aromatic heterocycles. The highest BCUT2D eigenvalue weighted by Crippen LogP contribution is 2.31. The number of hydrogen-bond acceptors (Lipinski definition) is 4. The molecule has 1 aliphatic heterocycles. The molecule has 2 atom stereocenters. The van der Waals surface area contributed by atoms with Crippen LogP contribution in [0.5, 0.6) is 5.75 Å². The Labute approximate surface area is 162 Å². The maximum Gasteiger partial charge on any atom is 0.319 e. The molecule has 140 valence electrons. The number of hydrogen-bond donors (Lipinski definition) is 2. The summed E-state index contributed by atoms with van der Waals surface area (Å²) in [7, 11) is 0. The first-order valence-corrected chi connectivity index (χ1v) is 8.78. The summed E-state index contributed by atoms with van der Waals surface area (Å²) in [5, 5.41) is 5.78. The number of esters is 1. The maximum atomic E-state index is 12.6. The van der Waals surface area contributed by atoms with Crippen molar-refractivity contribution in [3.63, 3.8) is 0 Å². The predicted molar refractivity (Wildman–Crippen MR) is 101 cm³/mol. The monoisotopic (exact) mass is 386 g/mol. The largest absolute Gasteiger partial charge is 0.490 e. The van der Waals surface area contributed by atoms with Crippen LogP contribution in [0, 0.1) is 5.92 Å². The van der Waals surface area contributed by atoms with Gasteiger partial charge in [-0.1, -0.05) is 48.5 Å². The summed E-state index contributed by atoms with van der Waals surface area (Å²) in [5.41, 5.74) is 0.971. The summed E-state index contributed by atoms with van der Waals surface area (Å²) >= 11 is 6.04. The van der Waals surface area contributed by atoms with Crippen LogP contribution in [0.3, 0.4) is 0 Å². The van der Waals surface area contributed by atoms with Crippen molar-refractivity contribution in [1.82, 2.24) is 10.6 Å². The van der Waals surface area contributed by atoms with Crippen molar-refractivity contribution in [3.05, 3.63) is 77.5 Å². The third-order valence-corrected chi connectivity index (χ3v) is 4.31. The van der Waals surface area contributed by atoms with Crippen LogP contribution in [0.25, 0.3) is 0 Å². The van der Waals surface area contributed by atoms with E-state index in [4.69, 9.17) is 21.1 Å². The maximum absolute atomic E-state index is 12.6. The summed E-state index contributed by atoms with van der Waals surface area (Å²) < 4.78 is 10.9. The summed E-state index contributed by atoms with van der Waals surface area (Å²) in [4.78, 5) is 24.5. The van der Waals surface area contributed by atoms with Gasteiger partial charge in [-0.25, -0.2) is 4.79 Å². The number of amides is 2. The molecule has 27 heavy (non-hydrogen) atoms. The standard InChI is InChI=1S/C20H19ClN2O4/c1-13-17(19(24)27-11-10-26-16-8-3-2-4-9-16)18(23-20(25)22-13)14-6-5-7-15(21)12-14/h2-9,12,17-18H,1,10-11H2,(H2,22,23,25)/t17-,18+/m1/s1. The molecule has 0 aliphatic carbocycles. The summed E-state index contributed by atoms with van der Waals surface area (Å²) in [6.07, 6.45) is 0. The second kappa shape index (κ2) is 8.60. The van der Waals surface area contributed by atoms with Crippen LogP contribution in [-0.4, -0.2) is 25.2 Å². The van der Waals surface area contributed by atoms with Crippen molar-refractivity contribution >= 4 is 23.6 Å². The quantitative estimate of drug-likeness (QED) is 0.589. The fourth-order valence-corrected chi connectivity index (χ4v) is 3.05. The van der Waals surface area contributed by atoms with Gasteiger partial charge in [0.1, 0.15) is 24.9 Å². The highest BCUT2D eigenvalue weighted by Gasteiger charge is 2.38. The molecule has 1 heterocycles.